The van der Waals surface area contributed by atoms with E-state index in [9.17, 15) is 29.7 Å². The number of nitrogens with zero attached hydrogens (tertiary/aromatic N) is 1. The number of nitrogens with two attached hydrogens (primary N) is 3. The number of amides is 2. The highest BCUT2D eigenvalue weighted by Crippen LogP contribution is 2.13. The van der Waals surface area contributed by atoms with Crippen LogP contribution in [0.2, 0.25) is 0 Å². The molecule has 11 N–H and O–H groups in total. The molecule has 2 aromatic carbocycles. The molecule has 0 saturated carbocycles. The van der Waals surface area contributed by atoms with E-state index in [2.05, 4.69) is 15.6 Å². The largest absolute Gasteiger partial charge is 0.508 e. The molecule has 12 heteroatoms. The van der Waals surface area contributed by atoms with E-state index in [4.69, 9.17) is 17.2 Å². The van der Waals surface area contributed by atoms with Crippen LogP contribution in [0.1, 0.15) is 24.0 Å². The third-order valence-corrected chi connectivity index (χ3v) is 5.30. The van der Waals surface area contributed by atoms with E-state index in [-0.39, 0.29) is 43.3 Å². The average molecular weight is 501 g/mol. The summed E-state index contributed by atoms with van der Waals surface area (Å²) in [4.78, 5) is 41.4. The molecule has 3 atom stereocenters. The third-order valence-electron chi connectivity index (χ3n) is 5.30. The number of rotatable bonds is 13. The smallest absolute Gasteiger partial charge is 0.326 e. The summed E-state index contributed by atoms with van der Waals surface area (Å²) in [5.41, 5.74) is 18.0. The van der Waals surface area contributed by atoms with Gasteiger partial charge in [0.25, 0.3) is 0 Å². The van der Waals surface area contributed by atoms with Crippen molar-refractivity contribution < 1.29 is 29.7 Å². The molecule has 0 aliphatic heterocycles. The third kappa shape index (κ3) is 9.50. The van der Waals surface area contributed by atoms with Crippen molar-refractivity contribution in [3.63, 3.8) is 0 Å². The lowest BCUT2D eigenvalue weighted by Crippen LogP contribution is -2.55. The lowest BCUT2D eigenvalue weighted by molar-refractivity contribution is -0.142. The van der Waals surface area contributed by atoms with Gasteiger partial charge in [-0.3, -0.25) is 14.6 Å². The van der Waals surface area contributed by atoms with Crippen molar-refractivity contribution in [2.24, 2.45) is 22.2 Å². The summed E-state index contributed by atoms with van der Waals surface area (Å²) in [5, 5.41) is 33.5. The molecule has 3 unspecified atom stereocenters. The maximum atomic E-state index is 13.0. The first-order valence-electron chi connectivity index (χ1n) is 11.3. The quantitative estimate of drug-likeness (QED) is 0.0988. The number of hydrogen-bond acceptors (Lipinski definition) is 7. The van der Waals surface area contributed by atoms with Gasteiger partial charge < -0.3 is 43.2 Å². The highest BCUT2D eigenvalue weighted by Gasteiger charge is 2.28. The Morgan fingerprint density at radius 3 is 1.81 bits per heavy atom. The number of hydrogen-bond donors (Lipinski definition) is 8. The molecule has 194 valence electrons. The molecule has 0 fully saturated rings. The number of carboxylic acid groups (broad SMARTS) is 1. The lowest BCUT2D eigenvalue weighted by atomic mass is 10.0. The normalized spacial score (nSPS) is 13.1. The number of carbonyl (C=O) groups excluding carboxylic acids is 2. The van der Waals surface area contributed by atoms with Crippen LogP contribution in [-0.2, 0) is 27.2 Å². The number of benzene rings is 2. The van der Waals surface area contributed by atoms with Crippen LogP contribution in [0.15, 0.2) is 53.5 Å². The summed E-state index contributed by atoms with van der Waals surface area (Å²) in [6.45, 7) is 0.206. The first kappa shape index (κ1) is 27.9. The van der Waals surface area contributed by atoms with Crippen LogP contribution in [0.4, 0.5) is 0 Å². The van der Waals surface area contributed by atoms with Crippen molar-refractivity contribution in [2.75, 3.05) is 6.54 Å². The zero-order valence-electron chi connectivity index (χ0n) is 19.6. The Kier molecular flexibility index (Phi) is 10.5. The number of phenols is 2. The standard InChI is InChI=1S/C24H32N6O6/c25-18(12-14-3-7-16(31)8-4-14)21(33)29-19(2-1-11-28-24(26)27)22(34)30-20(23(35)36)13-15-5-9-17(32)10-6-15/h3-10,18-20,31-32H,1-2,11-13,25H2,(H,29,33)(H,30,34)(H,35,36)(H4,26,27,28). The van der Waals surface area contributed by atoms with Crippen LogP contribution in [-0.4, -0.2) is 63.7 Å². The van der Waals surface area contributed by atoms with Gasteiger partial charge in [0.1, 0.15) is 23.6 Å². The first-order chi connectivity index (χ1) is 17.0. The Labute approximate surface area is 208 Å². The van der Waals surface area contributed by atoms with E-state index in [0.717, 1.165) is 0 Å². The van der Waals surface area contributed by atoms with Crippen LogP contribution in [0.5, 0.6) is 11.5 Å². The SMILES string of the molecule is NC(N)=NCCCC(NC(=O)C(N)Cc1ccc(O)cc1)C(=O)NC(Cc1ccc(O)cc1)C(=O)O. The number of phenolic OH excluding ortho intramolecular Hbond substituents is 2. The molecule has 2 aromatic rings. The van der Waals surface area contributed by atoms with Gasteiger partial charge >= 0.3 is 5.97 Å². The summed E-state index contributed by atoms with van der Waals surface area (Å²) in [5.74, 6) is -2.57. The maximum Gasteiger partial charge on any atom is 0.326 e. The Morgan fingerprint density at radius 1 is 0.806 bits per heavy atom. The second kappa shape index (κ2) is 13.5. The monoisotopic (exact) mass is 500 g/mol. The zero-order chi connectivity index (χ0) is 26.7. The molecule has 0 aliphatic carbocycles. The minimum Gasteiger partial charge on any atom is -0.508 e. The summed E-state index contributed by atoms with van der Waals surface area (Å²) < 4.78 is 0. The van der Waals surface area contributed by atoms with Gasteiger partial charge in [-0.1, -0.05) is 24.3 Å². The van der Waals surface area contributed by atoms with E-state index in [0.29, 0.717) is 17.5 Å². The fourth-order valence-electron chi connectivity index (χ4n) is 3.37. The molecular formula is C24H32N6O6. The highest BCUT2D eigenvalue weighted by molar-refractivity contribution is 5.92. The molecule has 12 nitrogen and oxygen atoms in total. The summed E-state index contributed by atoms with van der Waals surface area (Å²) in [6, 6.07) is 8.78. The van der Waals surface area contributed by atoms with Crippen LogP contribution >= 0.6 is 0 Å². The van der Waals surface area contributed by atoms with Gasteiger partial charge in [-0.15, -0.1) is 0 Å². The Morgan fingerprint density at radius 2 is 1.31 bits per heavy atom. The van der Waals surface area contributed by atoms with E-state index in [1.807, 2.05) is 0 Å². The fourth-order valence-corrected chi connectivity index (χ4v) is 3.37. The van der Waals surface area contributed by atoms with E-state index >= 15 is 0 Å². The molecule has 0 spiro atoms. The van der Waals surface area contributed by atoms with E-state index in [1.165, 1.54) is 24.3 Å². The Balaban J connectivity index is 2.09. The van der Waals surface area contributed by atoms with Crippen molar-refractivity contribution in [3.8, 4) is 11.5 Å². The number of aromatic hydroxyl groups is 2. The fraction of sp³-hybridized carbons (Fsp3) is 0.333. The van der Waals surface area contributed by atoms with Gasteiger partial charge in [0, 0.05) is 13.0 Å². The molecule has 2 rings (SSSR count). The topological polar surface area (TPSA) is 226 Å². The van der Waals surface area contributed by atoms with Crippen molar-refractivity contribution >= 4 is 23.7 Å². The van der Waals surface area contributed by atoms with Crippen molar-refractivity contribution in [3.05, 3.63) is 59.7 Å². The minimum atomic E-state index is -1.27. The second-order valence-electron chi connectivity index (χ2n) is 8.26. The number of aliphatic imine (C=N–C) groups is 1. The average Bonchev–Trinajstić information content (AvgIpc) is 2.82. The van der Waals surface area contributed by atoms with Crippen molar-refractivity contribution in [1.29, 1.82) is 0 Å². The number of nitrogens with one attached hydrogen (secondary N) is 2. The predicted octanol–water partition coefficient (Wildman–Crippen LogP) is -0.682. The molecule has 0 aromatic heterocycles. The highest BCUT2D eigenvalue weighted by atomic mass is 16.4. The van der Waals surface area contributed by atoms with Crippen molar-refractivity contribution in [2.45, 2.75) is 43.8 Å². The molecule has 0 aliphatic rings. The van der Waals surface area contributed by atoms with E-state index < -0.39 is 35.9 Å². The molecule has 0 saturated heterocycles. The van der Waals surface area contributed by atoms with Gasteiger partial charge in [0.05, 0.1) is 6.04 Å². The summed E-state index contributed by atoms with van der Waals surface area (Å²) in [7, 11) is 0. The molecule has 0 heterocycles. The number of guanidine groups is 1. The minimum absolute atomic E-state index is 0.0295. The summed E-state index contributed by atoms with van der Waals surface area (Å²) >= 11 is 0. The van der Waals surface area contributed by atoms with Gasteiger partial charge in [0.2, 0.25) is 11.8 Å². The molecule has 0 radical (unpaired) electrons. The zero-order valence-corrected chi connectivity index (χ0v) is 19.6. The number of carboxylic acids is 1. The number of carbonyl (C=O) groups is 3. The second-order valence-corrected chi connectivity index (χ2v) is 8.26. The predicted molar refractivity (Wildman–Crippen MR) is 133 cm³/mol. The Hall–Kier alpha value is -4.32. The molecule has 2 amide bonds. The van der Waals surface area contributed by atoms with Gasteiger partial charge in [0.15, 0.2) is 5.96 Å². The van der Waals surface area contributed by atoms with E-state index in [1.54, 1.807) is 24.3 Å². The van der Waals surface area contributed by atoms with Crippen LogP contribution in [0.25, 0.3) is 0 Å². The summed E-state index contributed by atoms with van der Waals surface area (Å²) in [6.07, 6.45) is 0.592. The van der Waals surface area contributed by atoms with Crippen LogP contribution in [0, 0.1) is 0 Å². The van der Waals surface area contributed by atoms with Gasteiger partial charge in [-0.05, 0) is 54.7 Å². The molecular weight excluding hydrogens is 468 g/mol. The van der Waals surface area contributed by atoms with Gasteiger partial charge in [-0.25, -0.2) is 4.79 Å². The first-order valence-corrected chi connectivity index (χ1v) is 11.3. The lowest BCUT2D eigenvalue weighted by Gasteiger charge is -2.23. The van der Waals surface area contributed by atoms with Crippen LogP contribution < -0.4 is 27.8 Å². The van der Waals surface area contributed by atoms with Crippen molar-refractivity contribution in [1.82, 2.24) is 10.6 Å². The number of aliphatic carboxylic acids is 1. The molecule has 0 bridgehead atoms. The van der Waals surface area contributed by atoms with Crippen LogP contribution in [0.3, 0.4) is 0 Å². The van der Waals surface area contributed by atoms with Gasteiger partial charge in [-0.2, -0.15) is 0 Å². The maximum absolute atomic E-state index is 13.0. The molecule has 36 heavy (non-hydrogen) atoms. The Bertz CT molecular complexity index is 1050.